The first kappa shape index (κ1) is 13.5. The predicted octanol–water partition coefficient (Wildman–Crippen LogP) is 1.98. The summed E-state index contributed by atoms with van der Waals surface area (Å²) in [7, 11) is 1.68. The molecular formula is C14H20FNO2. The Morgan fingerprint density at radius 1 is 1.50 bits per heavy atom. The van der Waals surface area contributed by atoms with Crippen molar-refractivity contribution in [2.45, 2.75) is 19.6 Å². The highest BCUT2D eigenvalue weighted by atomic mass is 19.1. The van der Waals surface area contributed by atoms with Crippen LogP contribution in [-0.2, 0) is 16.0 Å². The molecule has 0 aliphatic carbocycles. The average Bonchev–Trinajstić information content (AvgIpc) is 2.35. The van der Waals surface area contributed by atoms with Crippen molar-refractivity contribution in [1.29, 1.82) is 0 Å². The fraction of sp³-hybridized carbons (Fsp3) is 0.571. The van der Waals surface area contributed by atoms with E-state index in [1.165, 1.54) is 6.07 Å². The van der Waals surface area contributed by atoms with E-state index in [9.17, 15) is 4.39 Å². The van der Waals surface area contributed by atoms with Crippen LogP contribution in [0.4, 0.5) is 4.39 Å². The Morgan fingerprint density at radius 2 is 2.33 bits per heavy atom. The van der Waals surface area contributed by atoms with Crippen molar-refractivity contribution in [1.82, 2.24) is 4.90 Å². The van der Waals surface area contributed by atoms with Gasteiger partial charge >= 0.3 is 0 Å². The van der Waals surface area contributed by atoms with Crippen LogP contribution in [0.3, 0.4) is 0 Å². The van der Waals surface area contributed by atoms with Gasteiger partial charge in [0, 0.05) is 26.7 Å². The number of nitrogens with zero attached hydrogens (tertiary/aromatic N) is 1. The molecule has 0 amide bonds. The van der Waals surface area contributed by atoms with Crippen LogP contribution in [0.5, 0.6) is 0 Å². The molecule has 100 valence electrons. The fourth-order valence-corrected chi connectivity index (χ4v) is 2.26. The maximum absolute atomic E-state index is 13.2. The molecule has 1 aliphatic heterocycles. The first-order chi connectivity index (χ1) is 8.69. The van der Waals surface area contributed by atoms with Crippen LogP contribution in [0.1, 0.15) is 11.1 Å². The Kier molecular flexibility index (Phi) is 4.69. The van der Waals surface area contributed by atoms with Gasteiger partial charge in [0.1, 0.15) is 5.82 Å². The minimum Gasteiger partial charge on any atom is -0.382 e. The van der Waals surface area contributed by atoms with Gasteiger partial charge in [0.05, 0.1) is 19.3 Å². The van der Waals surface area contributed by atoms with Crippen LogP contribution < -0.4 is 0 Å². The number of morpholine rings is 1. The summed E-state index contributed by atoms with van der Waals surface area (Å²) < 4.78 is 23.9. The maximum Gasteiger partial charge on any atom is 0.123 e. The Balaban J connectivity index is 1.98. The van der Waals surface area contributed by atoms with Gasteiger partial charge in [-0.15, -0.1) is 0 Å². The molecule has 2 rings (SSSR count). The lowest BCUT2D eigenvalue weighted by Gasteiger charge is -2.32. The number of benzene rings is 1. The molecule has 0 radical (unpaired) electrons. The van der Waals surface area contributed by atoms with Crippen LogP contribution >= 0.6 is 0 Å². The number of hydrogen-bond donors (Lipinski definition) is 0. The Morgan fingerprint density at radius 3 is 3.11 bits per heavy atom. The van der Waals surface area contributed by atoms with Crippen molar-refractivity contribution < 1.29 is 13.9 Å². The van der Waals surface area contributed by atoms with Crippen LogP contribution in [0.15, 0.2) is 18.2 Å². The molecule has 0 N–H and O–H groups in total. The molecule has 18 heavy (non-hydrogen) atoms. The quantitative estimate of drug-likeness (QED) is 0.819. The van der Waals surface area contributed by atoms with E-state index < -0.39 is 0 Å². The highest BCUT2D eigenvalue weighted by molar-refractivity contribution is 5.26. The molecule has 0 bridgehead atoms. The zero-order valence-electron chi connectivity index (χ0n) is 11.0. The van der Waals surface area contributed by atoms with Crippen LogP contribution in [0.25, 0.3) is 0 Å². The summed E-state index contributed by atoms with van der Waals surface area (Å²) in [6, 6.07) is 4.96. The number of aryl methyl sites for hydroxylation is 1. The average molecular weight is 253 g/mol. The van der Waals surface area contributed by atoms with E-state index in [2.05, 4.69) is 4.90 Å². The highest BCUT2D eigenvalue weighted by Gasteiger charge is 2.20. The third kappa shape index (κ3) is 3.51. The molecule has 4 heteroatoms. The molecule has 1 aliphatic rings. The number of methoxy groups -OCH3 is 1. The standard InChI is InChI=1S/C14H20FNO2/c1-11-3-4-13(15)7-12(11)8-16-5-6-18-14(9-16)10-17-2/h3-4,7,14H,5-6,8-10H2,1-2H3. The van der Waals surface area contributed by atoms with Gasteiger partial charge in [-0.3, -0.25) is 4.90 Å². The second kappa shape index (κ2) is 6.27. The second-order valence-electron chi connectivity index (χ2n) is 4.75. The van der Waals surface area contributed by atoms with E-state index in [4.69, 9.17) is 9.47 Å². The lowest BCUT2D eigenvalue weighted by molar-refractivity contribution is -0.0631. The van der Waals surface area contributed by atoms with Gasteiger partial charge in [0.25, 0.3) is 0 Å². The normalized spacial score (nSPS) is 21.2. The first-order valence-corrected chi connectivity index (χ1v) is 6.27. The molecule has 0 aromatic heterocycles. The summed E-state index contributed by atoms with van der Waals surface area (Å²) in [5.41, 5.74) is 2.18. The molecule has 1 atom stereocenters. The van der Waals surface area contributed by atoms with Crippen LogP contribution in [-0.4, -0.2) is 44.4 Å². The van der Waals surface area contributed by atoms with Crippen molar-refractivity contribution >= 4 is 0 Å². The van der Waals surface area contributed by atoms with Gasteiger partial charge in [-0.1, -0.05) is 6.07 Å². The second-order valence-corrected chi connectivity index (χ2v) is 4.75. The smallest absolute Gasteiger partial charge is 0.123 e. The van der Waals surface area contributed by atoms with Gasteiger partial charge in [-0.2, -0.15) is 0 Å². The SMILES string of the molecule is COCC1CN(Cc2cc(F)ccc2C)CCO1. The van der Waals surface area contributed by atoms with Gasteiger partial charge in [-0.25, -0.2) is 4.39 Å². The Hall–Kier alpha value is -0.970. The van der Waals surface area contributed by atoms with Crippen molar-refractivity contribution in [2.24, 2.45) is 0 Å². The molecule has 3 nitrogen and oxygen atoms in total. The summed E-state index contributed by atoms with van der Waals surface area (Å²) in [5.74, 6) is -0.169. The van der Waals surface area contributed by atoms with Crippen LogP contribution in [0.2, 0.25) is 0 Å². The fourth-order valence-electron chi connectivity index (χ4n) is 2.26. The minimum atomic E-state index is -0.169. The minimum absolute atomic E-state index is 0.123. The lowest BCUT2D eigenvalue weighted by Crippen LogP contribution is -2.43. The number of rotatable bonds is 4. The van der Waals surface area contributed by atoms with E-state index in [1.807, 2.05) is 13.0 Å². The molecule has 0 spiro atoms. The summed E-state index contributed by atoms with van der Waals surface area (Å²) in [6.07, 6.45) is 0.123. The molecule has 0 saturated carbocycles. The molecular weight excluding hydrogens is 233 g/mol. The van der Waals surface area contributed by atoms with Crippen LogP contribution in [0, 0.1) is 12.7 Å². The number of ether oxygens (including phenoxy) is 2. The van der Waals surface area contributed by atoms with Crippen molar-refractivity contribution in [3.05, 3.63) is 35.1 Å². The molecule has 1 unspecified atom stereocenters. The van der Waals surface area contributed by atoms with Crippen molar-refractivity contribution in [3.63, 3.8) is 0 Å². The van der Waals surface area contributed by atoms with E-state index in [0.29, 0.717) is 13.2 Å². The molecule has 1 heterocycles. The molecule has 1 saturated heterocycles. The van der Waals surface area contributed by atoms with Gasteiger partial charge in [-0.05, 0) is 30.2 Å². The topological polar surface area (TPSA) is 21.7 Å². The van der Waals surface area contributed by atoms with Gasteiger partial charge in [0.2, 0.25) is 0 Å². The molecule has 1 aromatic rings. The largest absolute Gasteiger partial charge is 0.382 e. The summed E-state index contributed by atoms with van der Waals surface area (Å²) >= 11 is 0. The zero-order chi connectivity index (χ0) is 13.0. The summed E-state index contributed by atoms with van der Waals surface area (Å²) in [6.45, 7) is 5.83. The molecule has 1 aromatic carbocycles. The van der Waals surface area contributed by atoms with E-state index in [-0.39, 0.29) is 11.9 Å². The highest BCUT2D eigenvalue weighted by Crippen LogP contribution is 2.15. The summed E-state index contributed by atoms with van der Waals surface area (Å²) in [4.78, 5) is 2.29. The monoisotopic (exact) mass is 253 g/mol. The lowest BCUT2D eigenvalue weighted by atomic mass is 10.1. The van der Waals surface area contributed by atoms with Gasteiger partial charge in [0.15, 0.2) is 0 Å². The number of halogens is 1. The third-order valence-corrected chi connectivity index (χ3v) is 3.28. The first-order valence-electron chi connectivity index (χ1n) is 6.27. The molecule has 1 fully saturated rings. The van der Waals surface area contributed by atoms with E-state index in [0.717, 1.165) is 30.8 Å². The third-order valence-electron chi connectivity index (χ3n) is 3.28. The predicted molar refractivity (Wildman–Crippen MR) is 68.0 cm³/mol. The summed E-state index contributed by atoms with van der Waals surface area (Å²) in [5, 5.41) is 0. The zero-order valence-corrected chi connectivity index (χ0v) is 11.0. The maximum atomic E-state index is 13.2. The van der Waals surface area contributed by atoms with E-state index >= 15 is 0 Å². The van der Waals surface area contributed by atoms with Crippen molar-refractivity contribution in [2.75, 3.05) is 33.4 Å². The Bertz CT molecular complexity index is 395. The Labute approximate surface area is 107 Å². The van der Waals surface area contributed by atoms with Crippen molar-refractivity contribution in [3.8, 4) is 0 Å². The van der Waals surface area contributed by atoms with E-state index in [1.54, 1.807) is 13.2 Å². The number of hydrogen-bond acceptors (Lipinski definition) is 3. The van der Waals surface area contributed by atoms with Gasteiger partial charge < -0.3 is 9.47 Å².